The lowest BCUT2D eigenvalue weighted by Gasteiger charge is -2.39. The van der Waals surface area contributed by atoms with Crippen LogP contribution in [0.2, 0.25) is 0 Å². The van der Waals surface area contributed by atoms with E-state index in [2.05, 4.69) is 9.88 Å². The zero-order valence-electron chi connectivity index (χ0n) is 21.3. The third-order valence-corrected chi connectivity index (χ3v) is 6.17. The van der Waals surface area contributed by atoms with Gasteiger partial charge >= 0.3 is 6.09 Å². The van der Waals surface area contributed by atoms with Gasteiger partial charge in [0, 0.05) is 51.3 Å². The molecule has 0 unspecified atom stereocenters. The van der Waals surface area contributed by atoms with Gasteiger partial charge in [0.25, 0.3) is 5.91 Å². The molecule has 0 aliphatic carbocycles. The number of carbonyl (C=O) groups excluding carboxylic acids is 3. The molecule has 9 nitrogen and oxygen atoms in total. The molecule has 0 saturated carbocycles. The first-order valence-corrected chi connectivity index (χ1v) is 12.0. The molecule has 0 aromatic carbocycles. The molecule has 188 valence electrons. The van der Waals surface area contributed by atoms with Gasteiger partial charge in [-0.15, -0.1) is 0 Å². The SMILES string of the molecule is CC(=O)[C@@H]1CCCN(c2cncc(OC(C)(C)C(=O)N3CCN(C(=O)OC(C)(C)C)CC3)c2)C1. The Bertz CT molecular complexity index is 903. The topological polar surface area (TPSA) is 92.3 Å². The number of hydrogen-bond donors (Lipinski definition) is 0. The van der Waals surface area contributed by atoms with Crippen molar-refractivity contribution < 1.29 is 23.9 Å². The lowest BCUT2D eigenvalue weighted by molar-refractivity contribution is -0.147. The number of pyridine rings is 1. The Morgan fingerprint density at radius 3 is 2.24 bits per heavy atom. The number of Topliss-reactive ketones (excluding diaryl/α,β-unsaturated/α-hetero) is 1. The predicted octanol–water partition coefficient (Wildman–Crippen LogP) is 3.12. The summed E-state index contributed by atoms with van der Waals surface area (Å²) in [6.07, 6.45) is 4.88. The fraction of sp³-hybridized carbons (Fsp3) is 0.680. The molecule has 2 fully saturated rings. The van der Waals surface area contributed by atoms with Crippen LogP contribution in [0.1, 0.15) is 54.4 Å². The van der Waals surface area contributed by atoms with Gasteiger partial charge in [-0.2, -0.15) is 0 Å². The molecule has 1 aromatic rings. The minimum Gasteiger partial charge on any atom is -0.476 e. The van der Waals surface area contributed by atoms with Crippen LogP contribution in [0.25, 0.3) is 0 Å². The Morgan fingerprint density at radius 1 is 0.971 bits per heavy atom. The number of nitrogens with zero attached hydrogens (tertiary/aromatic N) is 4. The van der Waals surface area contributed by atoms with Gasteiger partial charge in [0.15, 0.2) is 5.60 Å². The van der Waals surface area contributed by atoms with Crippen LogP contribution in [-0.4, -0.2) is 83.0 Å². The molecule has 3 heterocycles. The molecule has 0 spiro atoms. The molecule has 2 saturated heterocycles. The third kappa shape index (κ3) is 6.61. The minimum atomic E-state index is -1.10. The summed E-state index contributed by atoms with van der Waals surface area (Å²) < 4.78 is 11.5. The van der Waals surface area contributed by atoms with Crippen molar-refractivity contribution >= 4 is 23.5 Å². The van der Waals surface area contributed by atoms with Crippen LogP contribution in [0.5, 0.6) is 5.75 Å². The Balaban J connectivity index is 1.59. The Kier molecular flexibility index (Phi) is 7.73. The molecule has 1 atom stereocenters. The Morgan fingerprint density at radius 2 is 1.62 bits per heavy atom. The molecule has 34 heavy (non-hydrogen) atoms. The molecular weight excluding hydrogens is 436 g/mol. The van der Waals surface area contributed by atoms with Gasteiger partial charge in [0.2, 0.25) is 0 Å². The van der Waals surface area contributed by atoms with E-state index in [-0.39, 0.29) is 23.7 Å². The molecule has 1 aromatic heterocycles. The van der Waals surface area contributed by atoms with E-state index in [4.69, 9.17) is 9.47 Å². The van der Waals surface area contributed by atoms with Crippen LogP contribution in [0.3, 0.4) is 0 Å². The Labute approximate surface area is 202 Å². The van der Waals surface area contributed by atoms with Crippen molar-refractivity contribution in [1.82, 2.24) is 14.8 Å². The third-order valence-electron chi connectivity index (χ3n) is 6.17. The van der Waals surface area contributed by atoms with Gasteiger partial charge in [0.05, 0.1) is 18.1 Å². The van der Waals surface area contributed by atoms with Crippen LogP contribution in [-0.2, 0) is 14.3 Å². The zero-order chi connectivity index (χ0) is 25.1. The standard InChI is InChI=1S/C25H38N4O5/c1-18(30)19-8-7-9-29(17-19)20-14-21(16-26-15-20)33-25(5,6)22(31)27-10-12-28(13-11-27)23(32)34-24(2,3)4/h14-16,19H,7-13,17H2,1-6H3/t19-/m1/s1. The first-order chi connectivity index (χ1) is 15.9. The summed E-state index contributed by atoms with van der Waals surface area (Å²) in [7, 11) is 0. The number of aromatic nitrogens is 1. The summed E-state index contributed by atoms with van der Waals surface area (Å²) in [4.78, 5) is 47.2. The number of ketones is 1. The van der Waals surface area contributed by atoms with Crippen molar-refractivity contribution in [2.45, 2.75) is 65.6 Å². The number of hydrogen-bond acceptors (Lipinski definition) is 7. The predicted molar refractivity (Wildman–Crippen MR) is 129 cm³/mol. The van der Waals surface area contributed by atoms with E-state index >= 15 is 0 Å². The maximum atomic E-state index is 13.2. The van der Waals surface area contributed by atoms with Crippen molar-refractivity contribution in [3.05, 3.63) is 18.5 Å². The first kappa shape index (κ1) is 25.8. The Hall–Kier alpha value is -2.84. The fourth-order valence-corrected chi connectivity index (χ4v) is 4.32. The lowest BCUT2D eigenvalue weighted by Crippen LogP contribution is -2.57. The molecule has 0 bridgehead atoms. The van der Waals surface area contributed by atoms with Crippen LogP contribution in [0.4, 0.5) is 10.5 Å². The van der Waals surface area contributed by atoms with E-state index in [9.17, 15) is 14.4 Å². The quantitative estimate of drug-likeness (QED) is 0.647. The van der Waals surface area contributed by atoms with Crippen molar-refractivity contribution in [2.24, 2.45) is 5.92 Å². The highest BCUT2D eigenvalue weighted by atomic mass is 16.6. The highest BCUT2D eigenvalue weighted by molar-refractivity contribution is 5.85. The van der Waals surface area contributed by atoms with Crippen molar-refractivity contribution in [3.8, 4) is 5.75 Å². The minimum absolute atomic E-state index is 0.0377. The first-order valence-electron chi connectivity index (χ1n) is 12.0. The average molecular weight is 475 g/mol. The summed E-state index contributed by atoms with van der Waals surface area (Å²) in [6.45, 7) is 13.8. The van der Waals surface area contributed by atoms with Crippen molar-refractivity contribution in [1.29, 1.82) is 0 Å². The van der Waals surface area contributed by atoms with Crippen LogP contribution < -0.4 is 9.64 Å². The lowest BCUT2D eigenvalue weighted by atomic mass is 9.94. The number of anilines is 1. The largest absolute Gasteiger partial charge is 0.476 e. The van der Waals surface area contributed by atoms with Crippen molar-refractivity contribution in [3.63, 3.8) is 0 Å². The maximum absolute atomic E-state index is 13.2. The summed E-state index contributed by atoms with van der Waals surface area (Å²) in [6, 6.07) is 1.88. The number of piperidine rings is 1. The van der Waals surface area contributed by atoms with E-state index in [0.717, 1.165) is 25.1 Å². The molecule has 0 radical (unpaired) electrons. The van der Waals surface area contributed by atoms with Crippen LogP contribution in [0, 0.1) is 5.92 Å². The van der Waals surface area contributed by atoms with Gasteiger partial charge in [-0.1, -0.05) is 0 Å². The number of ether oxygens (including phenoxy) is 2. The van der Waals surface area contributed by atoms with Gasteiger partial charge in [0.1, 0.15) is 17.1 Å². The molecule has 2 amide bonds. The summed E-state index contributed by atoms with van der Waals surface area (Å²) in [5, 5.41) is 0. The average Bonchev–Trinajstić information content (AvgIpc) is 2.77. The smallest absolute Gasteiger partial charge is 0.410 e. The van der Waals surface area contributed by atoms with E-state index in [1.807, 2.05) is 26.8 Å². The number of piperazine rings is 1. The number of amides is 2. The summed E-state index contributed by atoms with van der Waals surface area (Å²) in [5.74, 6) is 0.615. The van der Waals surface area contributed by atoms with Crippen LogP contribution in [0.15, 0.2) is 18.5 Å². The molecule has 9 heteroatoms. The number of rotatable bonds is 5. The summed E-state index contributed by atoms with van der Waals surface area (Å²) >= 11 is 0. The maximum Gasteiger partial charge on any atom is 0.410 e. The van der Waals surface area contributed by atoms with E-state index in [0.29, 0.717) is 38.5 Å². The fourth-order valence-electron chi connectivity index (χ4n) is 4.32. The molecule has 2 aliphatic rings. The van der Waals surface area contributed by atoms with E-state index in [1.54, 1.807) is 43.0 Å². The second kappa shape index (κ2) is 10.2. The van der Waals surface area contributed by atoms with Gasteiger partial charge in [-0.3, -0.25) is 14.6 Å². The second-order valence-corrected chi connectivity index (χ2v) is 10.6. The van der Waals surface area contributed by atoms with E-state index in [1.165, 1.54) is 0 Å². The highest BCUT2D eigenvalue weighted by Gasteiger charge is 2.37. The second-order valence-electron chi connectivity index (χ2n) is 10.6. The molecule has 0 N–H and O–H groups in total. The van der Waals surface area contributed by atoms with E-state index < -0.39 is 11.2 Å². The number of carbonyl (C=O) groups is 3. The monoisotopic (exact) mass is 474 g/mol. The van der Waals surface area contributed by atoms with Crippen LogP contribution >= 0.6 is 0 Å². The molecule has 3 rings (SSSR count). The van der Waals surface area contributed by atoms with Gasteiger partial charge < -0.3 is 24.2 Å². The van der Waals surface area contributed by atoms with Crippen molar-refractivity contribution in [2.75, 3.05) is 44.2 Å². The molecule has 2 aliphatic heterocycles. The normalized spacial score (nSPS) is 19.6. The molecular formula is C25H38N4O5. The summed E-state index contributed by atoms with van der Waals surface area (Å²) in [5.41, 5.74) is -0.764. The van der Waals surface area contributed by atoms with Gasteiger partial charge in [-0.05, 0) is 54.4 Å². The highest BCUT2D eigenvalue weighted by Crippen LogP contribution is 2.28. The van der Waals surface area contributed by atoms with Gasteiger partial charge in [-0.25, -0.2) is 4.79 Å². The zero-order valence-corrected chi connectivity index (χ0v) is 21.3.